The summed E-state index contributed by atoms with van der Waals surface area (Å²) >= 11 is 1.74. The number of ketones is 2. The van der Waals surface area contributed by atoms with Gasteiger partial charge in [0.25, 0.3) is 5.91 Å². The molecule has 0 fully saturated rings. The first kappa shape index (κ1) is 36.5. The second-order valence-electron chi connectivity index (χ2n) is 11.0. The SMILES string of the molecule is CCC(=O)c1ccc(C(=O)OC)cc1CN=C(C(=O)Nc1ccccc1)C(=O)c1ccc(NC(=O)CCSC(CC)c2ccccc2)cc1. The molecule has 4 aromatic carbocycles. The van der Waals surface area contributed by atoms with Crippen LogP contribution in [0.15, 0.2) is 108 Å². The average Bonchev–Trinajstić information content (AvgIpc) is 3.13. The lowest BCUT2D eigenvalue weighted by Gasteiger charge is -2.15. The number of benzene rings is 4. The van der Waals surface area contributed by atoms with Gasteiger partial charge in [0.15, 0.2) is 11.5 Å². The molecule has 0 aliphatic carbocycles. The molecular weight excluding hydrogens is 639 g/mol. The molecule has 49 heavy (non-hydrogen) atoms. The molecule has 4 rings (SSSR count). The Labute approximate surface area is 290 Å². The minimum Gasteiger partial charge on any atom is -0.465 e. The van der Waals surface area contributed by atoms with Crippen molar-refractivity contribution < 1.29 is 28.7 Å². The normalized spacial score (nSPS) is 11.7. The third-order valence-electron chi connectivity index (χ3n) is 7.64. The van der Waals surface area contributed by atoms with Crippen LogP contribution in [0.4, 0.5) is 11.4 Å². The van der Waals surface area contributed by atoms with E-state index in [4.69, 9.17) is 4.74 Å². The number of nitrogens with zero attached hydrogens (tertiary/aromatic N) is 1. The van der Waals surface area contributed by atoms with Crippen molar-refractivity contribution >= 4 is 58.2 Å². The number of esters is 1. The van der Waals surface area contributed by atoms with Crippen molar-refractivity contribution in [1.29, 1.82) is 0 Å². The number of ether oxygens (including phenoxy) is 1. The summed E-state index contributed by atoms with van der Waals surface area (Å²) in [5.74, 6) is -1.66. The van der Waals surface area contributed by atoms with Crippen LogP contribution in [-0.2, 0) is 20.9 Å². The maximum absolute atomic E-state index is 13.8. The van der Waals surface area contributed by atoms with E-state index in [-0.39, 0.29) is 41.5 Å². The number of Topliss-reactive ketones (excluding diaryl/α,β-unsaturated/α-hetero) is 2. The van der Waals surface area contributed by atoms with Crippen LogP contribution in [0.5, 0.6) is 0 Å². The van der Waals surface area contributed by atoms with Crippen molar-refractivity contribution in [2.24, 2.45) is 4.99 Å². The molecule has 2 amide bonds. The number of anilines is 2. The van der Waals surface area contributed by atoms with Gasteiger partial charge < -0.3 is 15.4 Å². The van der Waals surface area contributed by atoms with E-state index < -0.39 is 17.7 Å². The van der Waals surface area contributed by atoms with E-state index in [0.29, 0.717) is 39.9 Å². The fourth-order valence-corrected chi connectivity index (χ4v) is 6.20. The van der Waals surface area contributed by atoms with Crippen LogP contribution >= 0.6 is 11.8 Å². The molecule has 0 saturated heterocycles. The predicted molar refractivity (Wildman–Crippen MR) is 195 cm³/mol. The van der Waals surface area contributed by atoms with Gasteiger partial charge in [-0.1, -0.05) is 68.4 Å². The van der Waals surface area contributed by atoms with Crippen LogP contribution in [0.2, 0.25) is 0 Å². The smallest absolute Gasteiger partial charge is 0.337 e. The Morgan fingerprint density at radius 3 is 2.04 bits per heavy atom. The highest BCUT2D eigenvalue weighted by atomic mass is 32.2. The Balaban J connectivity index is 1.51. The number of hydrogen-bond donors (Lipinski definition) is 2. The maximum atomic E-state index is 13.8. The Kier molecular flexibility index (Phi) is 13.6. The quantitative estimate of drug-likeness (QED) is 0.0537. The summed E-state index contributed by atoms with van der Waals surface area (Å²) in [7, 11) is 1.25. The van der Waals surface area contributed by atoms with E-state index in [1.165, 1.54) is 43.0 Å². The molecule has 0 spiro atoms. The molecule has 1 atom stereocenters. The van der Waals surface area contributed by atoms with Crippen LogP contribution in [-0.4, -0.2) is 47.9 Å². The monoisotopic (exact) mass is 677 g/mol. The van der Waals surface area contributed by atoms with Crippen LogP contribution in [0.1, 0.15) is 80.6 Å². The summed E-state index contributed by atoms with van der Waals surface area (Å²) in [6.45, 7) is 3.62. The lowest BCUT2D eigenvalue weighted by molar-refractivity contribution is -0.115. The number of rotatable bonds is 16. The third-order valence-corrected chi connectivity index (χ3v) is 9.09. The minimum absolute atomic E-state index is 0.148. The van der Waals surface area contributed by atoms with Gasteiger partial charge in [-0.15, -0.1) is 0 Å². The second-order valence-corrected chi connectivity index (χ2v) is 12.3. The minimum atomic E-state index is -0.737. The lowest BCUT2D eigenvalue weighted by atomic mass is 9.99. The molecule has 2 N–H and O–H groups in total. The molecular formula is C39H39N3O6S. The molecule has 0 bridgehead atoms. The summed E-state index contributed by atoms with van der Waals surface area (Å²) in [4.78, 5) is 69.2. The molecule has 0 aliphatic heterocycles. The predicted octanol–water partition coefficient (Wildman–Crippen LogP) is 7.74. The number of para-hydroxylation sites is 1. The van der Waals surface area contributed by atoms with Gasteiger partial charge in [0.05, 0.1) is 19.2 Å². The van der Waals surface area contributed by atoms with Crippen molar-refractivity contribution in [3.8, 4) is 0 Å². The highest BCUT2D eigenvalue weighted by Gasteiger charge is 2.23. The lowest BCUT2D eigenvalue weighted by Crippen LogP contribution is -2.30. The molecule has 4 aromatic rings. The fourth-order valence-electron chi connectivity index (χ4n) is 5.03. The van der Waals surface area contributed by atoms with Gasteiger partial charge >= 0.3 is 5.97 Å². The van der Waals surface area contributed by atoms with Gasteiger partial charge in [0.1, 0.15) is 0 Å². The van der Waals surface area contributed by atoms with Crippen molar-refractivity contribution in [3.63, 3.8) is 0 Å². The Morgan fingerprint density at radius 1 is 0.776 bits per heavy atom. The summed E-state index contributed by atoms with van der Waals surface area (Å²) in [5, 5.41) is 5.88. The maximum Gasteiger partial charge on any atom is 0.337 e. The number of nitrogens with one attached hydrogen (secondary N) is 2. The zero-order valence-corrected chi connectivity index (χ0v) is 28.5. The van der Waals surface area contributed by atoms with Crippen molar-refractivity contribution in [1.82, 2.24) is 0 Å². The van der Waals surface area contributed by atoms with Crippen molar-refractivity contribution in [3.05, 3.63) is 131 Å². The van der Waals surface area contributed by atoms with Crippen LogP contribution in [0.25, 0.3) is 0 Å². The van der Waals surface area contributed by atoms with Crippen molar-refractivity contribution in [2.45, 2.75) is 44.9 Å². The van der Waals surface area contributed by atoms with E-state index in [1.54, 1.807) is 61.2 Å². The van der Waals surface area contributed by atoms with Gasteiger partial charge in [0, 0.05) is 46.3 Å². The molecule has 0 aliphatic rings. The largest absolute Gasteiger partial charge is 0.465 e. The van der Waals surface area contributed by atoms with Gasteiger partial charge in [-0.3, -0.25) is 24.2 Å². The highest BCUT2D eigenvalue weighted by Crippen LogP contribution is 2.32. The summed E-state index contributed by atoms with van der Waals surface area (Å²) < 4.78 is 4.82. The molecule has 10 heteroatoms. The Bertz CT molecular complexity index is 1810. The summed E-state index contributed by atoms with van der Waals surface area (Å²) in [6.07, 6.45) is 1.49. The molecule has 0 saturated carbocycles. The first-order valence-corrected chi connectivity index (χ1v) is 17.0. The van der Waals surface area contributed by atoms with Crippen LogP contribution in [0.3, 0.4) is 0 Å². The first-order valence-electron chi connectivity index (χ1n) is 16.0. The Morgan fingerprint density at radius 2 is 1.41 bits per heavy atom. The first-order chi connectivity index (χ1) is 23.7. The second kappa shape index (κ2) is 18.3. The van der Waals surface area contributed by atoms with E-state index >= 15 is 0 Å². The van der Waals surface area contributed by atoms with Gasteiger partial charge in [-0.2, -0.15) is 11.8 Å². The molecule has 9 nitrogen and oxygen atoms in total. The van der Waals surface area contributed by atoms with Crippen molar-refractivity contribution in [2.75, 3.05) is 23.5 Å². The number of amides is 2. The van der Waals surface area contributed by atoms with Gasteiger partial charge in [0.2, 0.25) is 11.7 Å². The average molecular weight is 678 g/mol. The Hall–Kier alpha value is -5.35. The zero-order valence-electron chi connectivity index (χ0n) is 27.7. The van der Waals surface area contributed by atoms with Crippen LogP contribution in [0, 0.1) is 0 Å². The number of carbonyl (C=O) groups excluding carboxylic acids is 5. The summed E-state index contributed by atoms with van der Waals surface area (Å²) in [5.41, 5.74) is 2.91. The summed E-state index contributed by atoms with van der Waals surface area (Å²) in [6, 6.07) is 29.6. The van der Waals surface area contributed by atoms with E-state index in [1.807, 2.05) is 18.2 Å². The molecule has 0 radical (unpaired) electrons. The number of hydrogen-bond acceptors (Lipinski definition) is 8. The third kappa shape index (κ3) is 10.3. The van der Waals surface area contributed by atoms with E-state index in [0.717, 1.165) is 6.42 Å². The molecule has 0 heterocycles. The highest BCUT2D eigenvalue weighted by molar-refractivity contribution is 7.99. The fraction of sp³-hybridized carbons (Fsp3) is 0.231. The van der Waals surface area contributed by atoms with E-state index in [9.17, 15) is 24.0 Å². The molecule has 1 unspecified atom stereocenters. The number of carbonyl (C=O) groups is 5. The van der Waals surface area contributed by atoms with Gasteiger partial charge in [-0.05, 0) is 66.1 Å². The number of aliphatic imine (C=N–C) groups is 1. The number of methoxy groups -OCH3 is 1. The zero-order chi connectivity index (χ0) is 35.2. The molecule has 0 aromatic heterocycles. The standard InChI is InChI=1S/C39H39N3O6S/c1-4-33(43)32-21-18-28(39(47)48-3)24-29(32)25-40-36(38(46)42-30-14-10-7-11-15-30)37(45)27-16-19-31(20-17-27)41-35(44)22-23-49-34(5-2)26-12-8-6-9-13-26/h6-21,24,34H,4-5,22-23,25H2,1-3H3,(H,41,44)(H,42,46). The molecule has 252 valence electrons. The van der Waals surface area contributed by atoms with E-state index in [2.05, 4.69) is 34.7 Å². The topological polar surface area (TPSA) is 131 Å². The van der Waals surface area contributed by atoms with Gasteiger partial charge in [-0.25, -0.2) is 4.79 Å². The number of thioether (sulfide) groups is 1. The van der Waals surface area contributed by atoms with Crippen LogP contribution < -0.4 is 10.6 Å².